The molecule has 0 spiro atoms. The van der Waals surface area contributed by atoms with Crippen LogP contribution in [-0.4, -0.2) is 26.2 Å². The molecule has 0 heterocycles. The van der Waals surface area contributed by atoms with Gasteiger partial charge in [-0.3, -0.25) is 0 Å². The summed E-state index contributed by atoms with van der Waals surface area (Å²) in [5.41, 5.74) is 2.63. The molecule has 2 aromatic rings. The fourth-order valence-electron chi connectivity index (χ4n) is 3.39. The van der Waals surface area contributed by atoms with Crippen molar-refractivity contribution in [3.63, 3.8) is 0 Å². The van der Waals surface area contributed by atoms with Crippen molar-refractivity contribution < 1.29 is 9.53 Å². The molecule has 4 heteroatoms. The minimum absolute atomic E-state index is 0.0873. The number of benzene rings is 2. The number of urea groups is 1. The molecule has 0 bridgehead atoms. The molecule has 1 fully saturated rings. The van der Waals surface area contributed by atoms with Crippen molar-refractivity contribution in [1.82, 2.24) is 10.6 Å². The summed E-state index contributed by atoms with van der Waals surface area (Å²) < 4.78 is 5.15. The van der Waals surface area contributed by atoms with E-state index in [-0.39, 0.29) is 11.4 Å². The van der Waals surface area contributed by atoms with Gasteiger partial charge in [-0.2, -0.15) is 0 Å². The third-order valence-electron chi connectivity index (χ3n) is 5.14. The maximum absolute atomic E-state index is 12.1. The Bertz CT molecular complexity index is 679. The third kappa shape index (κ3) is 4.32. The lowest BCUT2D eigenvalue weighted by Gasteiger charge is -2.42. The molecule has 2 amide bonds. The SMILES string of the molecule is COc1ccc(CCNC(=O)NCC2(c3ccccc3)CCC2)cc1. The number of carbonyl (C=O) groups excluding carboxylic acids is 1. The summed E-state index contributed by atoms with van der Waals surface area (Å²) in [6, 6.07) is 18.4. The Morgan fingerprint density at radius 2 is 1.76 bits per heavy atom. The van der Waals surface area contributed by atoms with E-state index in [9.17, 15) is 4.79 Å². The van der Waals surface area contributed by atoms with Crippen molar-refractivity contribution in [2.75, 3.05) is 20.2 Å². The zero-order valence-electron chi connectivity index (χ0n) is 14.8. The van der Waals surface area contributed by atoms with Crippen LogP contribution in [0.5, 0.6) is 5.75 Å². The van der Waals surface area contributed by atoms with Crippen LogP contribution in [0.2, 0.25) is 0 Å². The first-order valence-electron chi connectivity index (χ1n) is 8.92. The number of nitrogens with one attached hydrogen (secondary N) is 2. The van der Waals surface area contributed by atoms with E-state index >= 15 is 0 Å². The van der Waals surface area contributed by atoms with Gasteiger partial charge in [-0.1, -0.05) is 48.9 Å². The molecule has 0 atom stereocenters. The summed E-state index contributed by atoms with van der Waals surface area (Å²) in [5, 5.41) is 6.01. The summed E-state index contributed by atoms with van der Waals surface area (Å²) in [6.45, 7) is 1.32. The summed E-state index contributed by atoms with van der Waals surface area (Å²) in [4.78, 5) is 12.1. The van der Waals surface area contributed by atoms with Crippen molar-refractivity contribution in [1.29, 1.82) is 0 Å². The molecular weight excluding hydrogens is 312 g/mol. The van der Waals surface area contributed by atoms with Crippen LogP contribution in [0.4, 0.5) is 4.79 Å². The Kier molecular flexibility index (Phi) is 5.59. The highest BCUT2D eigenvalue weighted by Crippen LogP contribution is 2.43. The molecule has 0 aromatic heterocycles. The predicted molar refractivity (Wildman–Crippen MR) is 100 cm³/mol. The van der Waals surface area contributed by atoms with Gasteiger partial charge in [-0.25, -0.2) is 4.79 Å². The van der Waals surface area contributed by atoms with Gasteiger partial charge in [-0.15, -0.1) is 0 Å². The molecule has 132 valence electrons. The zero-order valence-corrected chi connectivity index (χ0v) is 14.8. The van der Waals surface area contributed by atoms with Crippen LogP contribution in [-0.2, 0) is 11.8 Å². The Hall–Kier alpha value is -2.49. The van der Waals surface area contributed by atoms with Crippen molar-refractivity contribution in [3.8, 4) is 5.75 Å². The molecule has 0 saturated heterocycles. The van der Waals surface area contributed by atoms with Crippen molar-refractivity contribution in [2.24, 2.45) is 0 Å². The molecule has 0 aliphatic heterocycles. The Morgan fingerprint density at radius 3 is 2.36 bits per heavy atom. The molecule has 4 nitrogen and oxygen atoms in total. The number of methoxy groups -OCH3 is 1. The van der Waals surface area contributed by atoms with E-state index in [2.05, 4.69) is 34.9 Å². The average molecular weight is 338 g/mol. The highest BCUT2D eigenvalue weighted by molar-refractivity contribution is 5.74. The van der Waals surface area contributed by atoms with E-state index in [1.807, 2.05) is 30.3 Å². The number of ether oxygens (including phenoxy) is 1. The van der Waals surface area contributed by atoms with Crippen LogP contribution in [0.1, 0.15) is 30.4 Å². The lowest BCUT2D eigenvalue weighted by Crippen LogP contribution is -2.48. The summed E-state index contributed by atoms with van der Waals surface area (Å²) in [7, 11) is 1.66. The lowest BCUT2D eigenvalue weighted by atomic mass is 9.64. The van der Waals surface area contributed by atoms with Crippen molar-refractivity contribution in [2.45, 2.75) is 31.1 Å². The third-order valence-corrected chi connectivity index (χ3v) is 5.14. The maximum Gasteiger partial charge on any atom is 0.314 e. The summed E-state index contributed by atoms with van der Waals surface area (Å²) in [6.07, 6.45) is 4.32. The van der Waals surface area contributed by atoms with E-state index < -0.39 is 0 Å². The van der Waals surface area contributed by atoms with E-state index in [1.54, 1.807) is 7.11 Å². The van der Waals surface area contributed by atoms with E-state index in [1.165, 1.54) is 17.5 Å². The smallest absolute Gasteiger partial charge is 0.314 e. The second kappa shape index (κ2) is 8.06. The standard InChI is InChI=1S/C21H26N2O2/c1-25-19-10-8-17(9-11-19)12-15-22-20(24)23-16-21(13-5-14-21)18-6-3-2-4-7-18/h2-4,6-11H,5,12-16H2,1H3,(H2,22,23,24). The number of hydrogen-bond acceptors (Lipinski definition) is 2. The van der Waals surface area contributed by atoms with E-state index in [4.69, 9.17) is 4.74 Å². The Labute approximate surface area is 149 Å². The van der Waals surface area contributed by atoms with Gasteiger partial charge >= 0.3 is 6.03 Å². The van der Waals surface area contributed by atoms with Crippen LogP contribution in [0.3, 0.4) is 0 Å². The van der Waals surface area contributed by atoms with Gasteiger partial charge in [0.25, 0.3) is 0 Å². The quantitative estimate of drug-likeness (QED) is 0.809. The van der Waals surface area contributed by atoms with Gasteiger partial charge in [0.15, 0.2) is 0 Å². The van der Waals surface area contributed by atoms with Crippen LogP contribution >= 0.6 is 0 Å². The number of amides is 2. The van der Waals surface area contributed by atoms with Gasteiger partial charge in [0.2, 0.25) is 0 Å². The molecule has 1 aliphatic carbocycles. The summed E-state index contributed by atoms with van der Waals surface area (Å²) >= 11 is 0. The highest BCUT2D eigenvalue weighted by Gasteiger charge is 2.38. The zero-order chi connectivity index (χ0) is 17.5. The fraction of sp³-hybridized carbons (Fsp3) is 0.381. The topological polar surface area (TPSA) is 50.4 Å². The molecule has 25 heavy (non-hydrogen) atoms. The molecule has 3 rings (SSSR count). The fourth-order valence-corrected chi connectivity index (χ4v) is 3.39. The average Bonchev–Trinajstić information content (AvgIpc) is 2.62. The maximum atomic E-state index is 12.1. The first kappa shape index (κ1) is 17.3. The minimum atomic E-state index is -0.0873. The number of hydrogen-bond donors (Lipinski definition) is 2. The largest absolute Gasteiger partial charge is 0.497 e. The first-order chi connectivity index (χ1) is 12.2. The van der Waals surface area contributed by atoms with Gasteiger partial charge < -0.3 is 15.4 Å². The van der Waals surface area contributed by atoms with Crippen LogP contribution in [0, 0.1) is 0 Å². The second-order valence-corrected chi connectivity index (χ2v) is 6.71. The Morgan fingerprint density at radius 1 is 1.04 bits per heavy atom. The molecule has 1 saturated carbocycles. The second-order valence-electron chi connectivity index (χ2n) is 6.71. The van der Waals surface area contributed by atoms with E-state index in [0.29, 0.717) is 13.1 Å². The van der Waals surface area contributed by atoms with Gasteiger partial charge in [0.1, 0.15) is 5.75 Å². The summed E-state index contributed by atoms with van der Waals surface area (Å²) in [5.74, 6) is 0.848. The normalized spacial score (nSPS) is 15.1. The lowest BCUT2D eigenvalue weighted by molar-refractivity contribution is 0.215. The number of rotatable bonds is 7. The minimum Gasteiger partial charge on any atom is -0.497 e. The molecule has 0 radical (unpaired) electrons. The van der Waals surface area contributed by atoms with Gasteiger partial charge in [0, 0.05) is 18.5 Å². The van der Waals surface area contributed by atoms with Crippen LogP contribution in [0.25, 0.3) is 0 Å². The predicted octanol–water partition coefficient (Wildman–Crippen LogP) is 3.66. The van der Waals surface area contributed by atoms with E-state index in [0.717, 1.165) is 25.0 Å². The van der Waals surface area contributed by atoms with Crippen LogP contribution in [0.15, 0.2) is 54.6 Å². The molecular formula is C21H26N2O2. The number of carbonyl (C=O) groups is 1. The molecule has 2 N–H and O–H groups in total. The first-order valence-corrected chi connectivity index (χ1v) is 8.92. The molecule has 2 aromatic carbocycles. The monoisotopic (exact) mass is 338 g/mol. The van der Waals surface area contributed by atoms with Crippen molar-refractivity contribution in [3.05, 3.63) is 65.7 Å². The Balaban J connectivity index is 1.43. The van der Waals surface area contributed by atoms with Gasteiger partial charge in [-0.05, 0) is 42.5 Å². The van der Waals surface area contributed by atoms with Crippen LogP contribution < -0.4 is 15.4 Å². The van der Waals surface area contributed by atoms with Gasteiger partial charge in [0.05, 0.1) is 7.11 Å². The highest BCUT2D eigenvalue weighted by atomic mass is 16.5. The molecule has 1 aliphatic rings. The molecule has 0 unspecified atom stereocenters. The van der Waals surface area contributed by atoms with Crippen molar-refractivity contribution >= 4 is 6.03 Å².